The van der Waals surface area contributed by atoms with Crippen molar-refractivity contribution in [3.63, 3.8) is 0 Å². The number of amides is 1. The van der Waals surface area contributed by atoms with Crippen molar-refractivity contribution < 1.29 is 14.3 Å². The lowest BCUT2D eigenvalue weighted by Gasteiger charge is -2.37. The van der Waals surface area contributed by atoms with Crippen LogP contribution in [0.1, 0.15) is 11.3 Å². The summed E-state index contributed by atoms with van der Waals surface area (Å²) >= 11 is 0. The van der Waals surface area contributed by atoms with E-state index in [0.717, 1.165) is 48.3 Å². The summed E-state index contributed by atoms with van der Waals surface area (Å²) in [4.78, 5) is 35.0. The van der Waals surface area contributed by atoms with Crippen molar-refractivity contribution in [2.75, 3.05) is 46.9 Å². The van der Waals surface area contributed by atoms with E-state index in [4.69, 9.17) is 4.74 Å². The second-order valence-electron chi connectivity index (χ2n) is 7.47. The number of aromatic amines is 1. The minimum atomic E-state index is -0.568. The van der Waals surface area contributed by atoms with Gasteiger partial charge >= 0.3 is 5.97 Å². The van der Waals surface area contributed by atoms with Gasteiger partial charge in [0.2, 0.25) is 5.91 Å². The summed E-state index contributed by atoms with van der Waals surface area (Å²) in [6, 6.07) is 7.49. The molecule has 1 atom stereocenters. The monoisotopic (exact) mass is 370 g/mol. The van der Waals surface area contributed by atoms with Crippen LogP contribution in [0.25, 0.3) is 10.9 Å². The molecule has 27 heavy (non-hydrogen) atoms. The molecule has 1 aromatic carbocycles. The van der Waals surface area contributed by atoms with Gasteiger partial charge in [0.1, 0.15) is 6.04 Å². The fourth-order valence-corrected chi connectivity index (χ4v) is 4.10. The number of H-pyrrole nitrogens is 1. The van der Waals surface area contributed by atoms with E-state index >= 15 is 0 Å². The average Bonchev–Trinajstić information content (AvgIpc) is 3.05. The van der Waals surface area contributed by atoms with Gasteiger partial charge in [-0.25, -0.2) is 4.79 Å². The minimum absolute atomic E-state index is 0.0146. The Morgan fingerprint density at radius 1 is 1.19 bits per heavy atom. The number of para-hydroxylation sites is 1. The highest BCUT2D eigenvalue weighted by molar-refractivity contribution is 5.90. The molecule has 1 amide bonds. The van der Waals surface area contributed by atoms with Gasteiger partial charge in [0.15, 0.2) is 0 Å². The van der Waals surface area contributed by atoms with Gasteiger partial charge in [0, 0.05) is 49.2 Å². The summed E-state index contributed by atoms with van der Waals surface area (Å²) in [5.41, 5.74) is 3.17. The molecule has 1 unspecified atom stereocenters. The summed E-state index contributed by atoms with van der Waals surface area (Å²) < 4.78 is 5.01. The lowest BCUT2D eigenvalue weighted by Crippen LogP contribution is -2.54. The zero-order valence-corrected chi connectivity index (χ0v) is 15.9. The maximum absolute atomic E-state index is 13.1. The molecule has 2 aliphatic heterocycles. The summed E-state index contributed by atoms with van der Waals surface area (Å²) in [7, 11) is 3.48. The number of nitrogens with zero attached hydrogens (tertiary/aromatic N) is 3. The van der Waals surface area contributed by atoms with Gasteiger partial charge in [-0.15, -0.1) is 0 Å². The Balaban J connectivity index is 1.58. The number of piperazine rings is 1. The van der Waals surface area contributed by atoms with Crippen molar-refractivity contribution in [1.82, 2.24) is 19.7 Å². The molecule has 1 N–H and O–H groups in total. The Kier molecular flexibility index (Phi) is 4.88. The molecular weight excluding hydrogens is 344 g/mol. The summed E-state index contributed by atoms with van der Waals surface area (Å²) in [5.74, 6) is -0.364. The molecule has 7 nitrogen and oxygen atoms in total. The fraction of sp³-hybridized carbons (Fsp3) is 0.500. The molecule has 2 aromatic rings. The number of aromatic nitrogens is 1. The van der Waals surface area contributed by atoms with Crippen LogP contribution < -0.4 is 0 Å². The number of fused-ring (bicyclic) bond motifs is 3. The number of likely N-dealkylation sites (N-methyl/N-ethyl adjacent to an activating group) is 1. The van der Waals surface area contributed by atoms with Crippen LogP contribution in [0.4, 0.5) is 0 Å². The van der Waals surface area contributed by atoms with Gasteiger partial charge in [-0.1, -0.05) is 18.2 Å². The number of hydrogen-bond acceptors (Lipinski definition) is 5. The second kappa shape index (κ2) is 7.32. The second-order valence-corrected chi connectivity index (χ2v) is 7.47. The van der Waals surface area contributed by atoms with Gasteiger partial charge in [0.05, 0.1) is 20.2 Å². The first-order valence-corrected chi connectivity index (χ1v) is 9.43. The van der Waals surface area contributed by atoms with Gasteiger partial charge in [-0.3, -0.25) is 9.69 Å². The predicted octanol–water partition coefficient (Wildman–Crippen LogP) is 0.842. The van der Waals surface area contributed by atoms with Crippen LogP contribution in [0.2, 0.25) is 0 Å². The minimum Gasteiger partial charge on any atom is -0.467 e. The van der Waals surface area contributed by atoms with Crippen LogP contribution in [0.3, 0.4) is 0 Å². The van der Waals surface area contributed by atoms with E-state index in [2.05, 4.69) is 27.9 Å². The first-order valence-electron chi connectivity index (χ1n) is 9.43. The first kappa shape index (κ1) is 18.0. The normalized spacial score (nSPS) is 21.3. The maximum Gasteiger partial charge on any atom is 0.328 e. The average molecular weight is 370 g/mol. The van der Waals surface area contributed by atoms with E-state index < -0.39 is 6.04 Å². The van der Waals surface area contributed by atoms with E-state index in [-0.39, 0.29) is 11.9 Å². The summed E-state index contributed by atoms with van der Waals surface area (Å²) in [5, 5.41) is 1.12. The van der Waals surface area contributed by atoms with Crippen LogP contribution in [0.5, 0.6) is 0 Å². The maximum atomic E-state index is 13.1. The Morgan fingerprint density at radius 2 is 1.93 bits per heavy atom. The molecular formula is C20H26N4O3. The third-order valence-electron chi connectivity index (χ3n) is 5.75. The summed E-state index contributed by atoms with van der Waals surface area (Å²) in [6.07, 6.45) is 0.487. The van der Waals surface area contributed by atoms with E-state index in [1.807, 2.05) is 18.2 Å². The number of hydrogen-bond donors (Lipinski definition) is 1. The number of carbonyl (C=O) groups excluding carboxylic acids is 2. The molecule has 2 aliphatic rings. The van der Waals surface area contributed by atoms with Crippen molar-refractivity contribution >= 4 is 22.8 Å². The SMILES string of the molecule is COC(=O)C1Cc2c([nH]c3ccccc23)CN1C(=O)CN1CCN(C)CC1. The van der Waals surface area contributed by atoms with E-state index in [1.54, 1.807) is 4.90 Å². The number of methoxy groups -OCH3 is 1. The van der Waals surface area contributed by atoms with Gasteiger partial charge < -0.3 is 19.5 Å². The van der Waals surface area contributed by atoms with E-state index in [0.29, 0.717) is 19.5 Å². The van der Waals surface area contributed by atoms with Gasteiger partial charge in [-0.05, 0) is 18.7 Å². The smallest absolute Gasteiger partial charge is 0.328 e. The van der Waals surface area contributed by atoms with Crippen molar-refractivity contribution in [1.29, 1.82) is 0 Å². The van der Waals surface area contributed by atoms with Crippen LogP contribution in [0, 0.1) is 0 Å². The highest BCUT2D eigenvalue weighted by Gasteiger charge is 2.37. The number of esters is 1. The van der Waals surface area contributed by atoms with E-state index in [1.165, 1.54) is 7.11 Å². The van der Waals surface area contributed by atoms with Crippen molar-refractivity contribution in [3.05, 3.63) is 35.5 Å². The number of nitrogens with one attached hydrogen (secondary N) is 1. The molecule has 0 radical (unpaired) electrons. The first-order chi connectivity index (χ1) is 13.1. The Labute approximate surface area is 158 Å². The Bertz CT molecular complexity index is 854. The molecule has 144 valence electrons. The van der Waals surface area contributed by atoms with Crippen molar-refractivity contribution in [2.24, 2.45) is 0 Å². The lowest BCUT2D eigenvalue weighted by atomic mass is 9.96. The lowest BCUT2D eigenvalue weighted by molar-refractivity contribution is -0.154. The number of carbonyl (C=O) groups is 2. The fourth-order valence-electron chi connectivity index (χ4n) is 4.10. The van der Waals surface area contributed by atoms with Gasteiger partial charge in [-0.2, -0.15) is 0 Å². The topological polar surface area (TPSA) is 68.9 Å². The quantitative estimate of drug-likeness (QED) is 0.811. The third kappa shape index (κ3) is 3.44. The predicted molar refractivity (Wildman–Crippen MR) is 102 cm³/mol. The summed E-state index contributed by atoms with van der Waals surface area (Å²) in [6.45, 7) is 4.42. The van der Waals surface area contributed by atoms with Crippen LogP contribution in [0.15, 0.2) is 24.3 Å². The van der Waals surface area contributed by atoms with Crippen molar-refractivity contribution in [2.45, 2.75) is 19.0 Å². The third-order valence-corrected chi connectivity index (χ3v) is 5.75. The zero-order valence-electron chi connectivity index (χ0n) is 15.9. The molecule has 3 heterocycles. The number of benzene rings is 1. The molecule has 0 aliphatic carbocycles. The highest BCUT2D eigenvalue weighted by atomic mass is 16.5. The largest absolute Gasteiger partial charge is 0.467 e. The van der Waals surface area contributed by atoms with Crippen LogP contribution in [-0.2, 0) is 27.3 Å². The molecule has 1 saturated heterocycles. The highest BCUT2D eigenvalue weighted by Crippen LogP contribution is 2.30. The standard InChI is InChI=1S/C20H26N4O3/c1-22-7-9-23(10-8-22)13-19(25)24-12-17-15(11-18(24)20(26)27-2)14-5-3-4-6-16(14)21-17/h3-6,18,21H,7-13H2,1-2H3. The van der Waals surface area contributed by atoms with Crippen LogP contribution >= 0.6 is 0 Å². The molecule has 0 saturated carbocycles. The Hall–Kier alpha value is -2.38. The number of rotatable bonds is 3. The molecule has 4 rings (SSSR count). The Morgan fingerprint density at radius 3 is 2.67 bits per heavy atom. The number of ether oxygens (including phenoxy) is 1. The van der Waals surface area contributed by atoms with E-state index in [9.17, 15) is 9.59 Å². The molecule has 1 fully saturated rings. The zero-order chi connectivity index (χ0) is 19.0. The van der Waals surface area contributed by atoms with Crippen molar-refractivity contribution in [3.8, 4) is 0 Å². The van der Waals surface area contributed by atoms with Gasteiger partial charge in [0.25, 0.3) is 0 Å². The van der Waals surface area contributed by atoms with Crippen LogP contribution in [-0.4, -0.2) is 84.5 Å². The molecule has 1 aromatic heterocycles. The molecule has 0 bridgehead atoms. The molecule has 7 heteroatoms. The molecule has 0 spiro atoms.